The van der Waals surface area contributed by atoms with E-state index in [0.29, 0.717) is 22.0 Å². The molecule has 0 saturated heterocycles. The first-order valence-corrected chi connectivity index (χ1v) is 9.35. The summed E-state index contributed by atoms with van der Waals surface area (Å²) in [6, 6.07) is 17.3. The van der Waals surface area contributed by atoms with Crippen LogP contribution in [0.3, 0.4) is 0 Å². The normalized spacial score (nSPS) is 11.1. The lowest BCUT2D eigenvalue weighted by Gasteiger charge is -2.12. The average Bonchev–Trinajstić information content (AvgIpc) is 3.14. The van der Waals surface area contributed by atoms with Gasteiger partial charge in [0.25, 0.3) is 5.56 Å². The molecule has 1 N–H and O–H groups in total. The highest BCUT2D eigenvalue weighted by Crippen LogP contribution is 2.23. The van der Waals surface area contributed by atoms with E-state index in [0.717, 1.165) is 30.0 Å². The van der Waals surface area contributed by atoms with Crippen molar-refractivity contribution in [3.63, 3.8) is 0 Å². The largest absolute Gasteiger partial charge is 0.329 e. The van der Waals surface area contributed by atoms with Crippen LogP contribution in [0.25, 0.3) is 22.0 Å². The van der Waals surface area contributed by atoms with Crippen LogP contribution >= 0.6 is 0 Å². The van der Waals surface area contributed by atoms with Gasteiger partial charge in [0.2, 0.25) is 0 Å². The number of aromatic amines is 1. The highest BCUT2D eigenvalue weighted by molar-refractivity contribution is 5.89. The van der Waals surface area contributed by atoms with Crippen LogP contribution in [0.1, 0.15) is 17.0 Å². The fourth-order valence-corrected chi connectivity index (χ4v) is 3.45. The molecule has 2 heterocycles. The van der Waals surface area contributed by atoms with Crippen molar-refractivity contribution < 1.29 is 0 Å². The van der Waals surface area contributed by atoms with Gasteiger partial charge < -0.3 is 14.5 Å². The molecule has 0 aliphatic carbocycles. The SMILES string of the molecule is CN(C)Cc1nccn1Cc1ccc(-c2cc3c(C#N)cccc3c(=O)[nH]2)cc1. The van der Waals surface area contributed by atoms with E-state index in [1.165, 1.54) is 0 Å². The minimum Gasteiger partial charge on any atom is -0.329 e. The Morgan fingerprint density at radius 1 is 1.14 bits per heavy atom. The van der Waals surface area contributed by atoms with Crippen LogP contribution < -0.4 is 5.56 Å². The molecule has 6 heteroatoms. The van der Waals surface area contributed by atoms with E-state index in [4.69, 9.17) is 0 Å². The van der Waals surface area contributed by atoms with Crippen LogP contribution in [0.2, 0.25) is 0 Å². The molecule has 0 atom stereocenters. The van der Waals surface area contributed by atoms with E-state index in [-0.39, 0.29) is 5.56 Å². The van der Waals surface area contributed by atoms with Gasteiger partial charge in [-0.05, 0) is 43.4 Å². The molecule has 0 bridgehead atoms. The smallest absolute Gasteiger partial charge is 0.256 e. The minimum atomic E-state index is -0.189. The molecule has 0 unspecified atom stereocenters. The van der Waals surface area contributed by atoms with E-state index in [1.807, 2.05) is 56.8 Å². The molecule has 29 heavy (non-hydrogen) atoms. The van der Waals surface area contributed by atoms with Crippen LogP contribution in [0.4, 0.5) is 0 Å². The number of aromatic nitrogens is 3. The molecule has 0 saturated carbocycles. The standard InChI is InChI=1S/C23H21N5O/c1-27(2)15-22-25-10-11-28(22)14-16-6-8-17(9-7-16)21-12-20-18(13-24)4-3-5-19(20)23(29)26-21/h3-12H,14-15H2,1-2H3,(H,26,29). The van der Waals surface area contributed by atoms with Gasteiger partial charge in [-0.2, -0.15) is 5.26 Å². The van der Waals surface area contributed by atoms with Gasteiger partial charge in [0.15, 0.2) is 0 Å². The third-order valence-corrected chi connectivity index (χ3v) is 4.89. The Balaban J connectivity index is 1.64. The predicted octanol–water partition coefficient (Wildman–Crippen LogP) is 3.37. The molecular weight excluding hydrogens is 362 g/mol. The van der Waals surface area contributed by atoms with Crippen LogP contribution in [-0.2, 0) is 13.1 Å². The Morgan fingerprint density at radius 2 is 1.93 bits per heavy atom. The maximum atomic E-state index is 12.5. The number of hydrogen-bond donors (Lipinski definition) is 1. The number of nitriles is 1. The zero-order valence-electron chi connectivity index (χ0n) is 16.4. The molecule has 0 spiro atoms. The van der Waals surface area contributed by atoms with Gasteiger partial charge >= 0.3 is 0 Å². The third-order valence-electron chi connectivity index (χ3n) is 4.89. The van der Waals surface area contributed by atoms with Crippen LogP contribution in [0, 0.1) is 11.3 Å². The summed E-state index contributed by atoms with van der Waals surface area (Å²) in [4.78, 5) is 21.9. The summed E-state index contributed by atoms with van der Waals surface area (Å²) >= 11 is 0. The summed E-state index contributed by atoms with van der Waals surface area (Å²) in [6.07, 6.45) is 3.80. The molecule has 4 rings (SSSR count). The van der Waals surface area contributed by atoms with E-state index in [9.17, 15) is 10.1 Å². The summed E-state index contributed by atoms with van der Waals surface area (Å²) < 4.78 is 2.13. The molecule has 144 valence electrons. The first kappa shape index (κ1) is 18.7. The topological polar surface area (TPSA) is 77.7 Å². The summed E-state index contributed by atoms with van der Waals surface area (Å²) in [6.45, 7) is 1.51. The van der Waals surface area contributed by atoms with Gasteiger partial charge in [-0.3, -0.25) is 4.79 Å². The number of nitrogens with one attached hydrogen (secondary N) is 1. The zero-order valence-corrected chi connectivity index (χ0v) is 16.4. The number of H-pyrrole nitrogens is 1. The highest BCUT2D eigenvalue weighted by atomic mass is 16.1. The second kappa shape index (κ2) is 7.74. The van der Waals surface area contributed by atoms with Crippen LogP contribution in [0.15, 0.2) is 65.7 Å². The second-order valence-electron chi connectivity index (χ2n) is 7.30. The van der Waals surface area contributed by atoms with Crippen molar-refractivity contribution in [1.29, 1.82) is 5.26 Å². The van der Waals surface area contributed by atoms with Crippen molar-refractivity contribution in [2.24, 2.45) is 0 Å². The maximum Gasteiger partial charge on any atom is 0.256 e. The Labute approximate surface area is 168 Å². The lowest BCUT2D eigenvalue weighted by molar-refractivity contribution is 0.382. The average molecular weight is 383 g/mol. The number of fused-ring (bicyclic) bond motifs is 1. The van der Waals surface area contributed by atoms with Gasteiger partial charge in [0.1, 0.15) is 5.82 Å². The van der Waals surface area contributed by atoms with Crippen molar-refractivity contribution >= 4 is 10.8 Å². The zero-order chi connectivity index (χ0) is 20.4. The predicted molar refractivity (Wildman–Crippen MR) is 113 cm³/mol. The lowest BCUT2D eigenvalue weighted by Crippen LogP contribution is -2.15. The molecule has 0 aliphatic rings. The van der Waals surface area contributed by atoms with E-state index >= 15 is 0 Å². The first-order valence-electron chi connectivity index (χ1n) is 9.35. The molecule has 0 aliphatic heterocycles. The molecule has 0 amide bonds. The Bertz CT molecular complexity index is 1260. The quantitative estimate of drug-likeness (QED) is 0.573. The number of nitrogens with zero attached hydrogens (tertiary/aromatic N) is 4. The molecule has 2 aromatic heterocycles. The van der Waals surface area contributed by atoms with Gasteiger partial charge in [0, 0.05) is 35.4 Å². The van der Waals surface area contributed by atoms with Gasteiger partial charge in [0.05, 0.1) is 18.2 Å². The molecule has 0 radical (unpaired) electrons. The Kier molecular flexibility index (Phi) is 4.98. The minimum absolute atomic E-state index is 0.189. The first-order chi connectivity index (χ1) is 14.0. The molecule has 4 aromatic rings. The highest BCUT2D eigenvalue weighted by Gasteiger charge is 2.09. The van der Waals surface area contributed by atoms with E-state index in [1.54, 1.807) is 18.2 Å². The van der Waals surface area contributed by atoms with Crippen molar-refractivity contribution in [1.82, 2.24) is 19.4 Å². The number of imidazole rings is 1. The van der Waals surface area contributed by atoms with E-state index < -0.39 is 0 Å². The summed E-state index contributed by atoms with van der Waals surface area (Å²) in [5, 5.41) is 10.5. The number of hydrogen-bond acceptors (Lipinski definition) is 4. The number of pyridine rings is 1. The van der Waals surface area contributed by atoms with Crippen molar-refractivity contribution in [3.8, 4) is 17.3 Å². The molecule has 2 aromatic carbocycles. The monoisotopic (exact) mass is 383 g/mol. The summed E-state index contributed by atoms with van der Waals surface area (Å²) in [5.41, 5.74) is 3.06. The lowest BCUT2D eigenvalue weighted by atomic mass is 10.0. The number of benzene rings is 2. The van der Waals surface area contributed by atoms with Crippen molar-refractivity contribution in [2.45, 2.75) is 13.1 Å². The number of rotatable bonds is 5. The molecular formula is C23H21N5O. The van der Waals surface area contributed by atoms with Crippen molar-refractivity contribution in [3.05, 3.63) is 88.2 Å². The van der Waals surface area contributed by atoms with Gasteiger partial charge in [-0.25, -0.2) is 4.98 Å². The van der Waals surface area contributed by atoms with Gasteiger partial charge in [-0.1, -0.05) is 30.3 Å². The third kappa shape index (κ3) is 3.82. The van der Waals surface area contributed by atoms with E-state index in [2.05, 4.69) is 25.5 Å². The molecule has 0 fully saturated rings. The second-order valence-corrected chi connectivity index (χ2v) is 7.30. The molecule has 6 nitrogen and oxygen atoms in total. The van der Waals surface area contributed by atoms with Crippen LogP contribution in [-0.4, -0.2) is 33.5 Å². The van der Waals surface area contributed by atoms with Gasteiger partial charge in [-0.15, -0.1) is 0 Å². The van der Waals surface area contributed by atoms with Crippen molar-refractivity contribution in [2.75, 3.05) is 14.1 Å². The summed E-state index contributed by atoms with van der Waals surface area (Å²) in [7, 11) is 4.05. The Hall–Kier alpha value is -3.69. The fraction of sp³-hybridized carbons (Fsp3) is 0.174. The Morgan fingerprint density at radius 3 is 2.66 bits per heavy atom. The van der Waals surface area contributed by atoms with Crippen LogP contribution in [0.5, 0.6) is 0 Å². The fourth-order valence-electron chi connectivity index (χ4n) is 3.45. The summed E-state index contributed by atoms with van der Waals surface area (Å²) in [5.74, 6) is 1.02. The maximum absolute atomic E-state index is 12.5.